The molecule has 0 amide bonds. The lowest BCUT2D eigenvalue weighted by atomic mass is 10.0. The third kappa shape index (κ3) is 2.95. The van der Waals surface area contributed by atoms with E-state index < -0.39 is 0 Å². The second-order valence-corrected chi connectivity index (χ2v) is 5.75. The molecule has 0 radical (unpaired) electrons. The smallest absolute Gasteiger partial charge is 0.268 e. The molecule has 1 atom stereocenters. The number of hydrogen-bond acceptors (Lipinski definition) is 4. The molecule has 0 aliphatic carbocycles. The zero-order valence-corrected chi connectivity index (χ0v) is 11.9. The number of aryl methyl sites for hydroxylation is 1. The van der Waals surface area contributed by atoms with Crippen molar-refractivity contribution >= 4 is 11.8 Å². The van der Waals surface area contributed by atoms with E-state index in [0.717, 1.165) is 35.4 Å². The fraction of sp³-hybridized carbons (Fsp3) is 0.692. The minimum atomic E-state index is -0.0396. The molecule has 5 heteroatoms. The molecule has 0 spiro atoms. The lowest BCUT2D eigenvalue weighted by Gasteiger charge is -2.14. The van der Waals surface area contributed by atoms with E-state index in [9.17, 15) is 4.79 Å². The molecule has 0 saturated carbocycles. The van der Waals surface area contributed by atoms with Crippen LogP contribution in [0.1, 0.15) is 37.1 Å². The largest absolute Gasteiger partial charge is 0.309 e. The molecule has 1 saturated heterocycles. The summed E-state index contributed by atoms with van der Waals surface area (Å²) >= 11 is 1.98. The maximum atomic E-state index is 11.9. The molecule has 1 fully saturated rings. The lowest BCUT2D eigenvalue weighted by molar-refractivity contribution is 0.551. The highest BCUT2D eigenvalue weighted by molar-refractivity contribution is 7.99. The number of thioether (sulfide) groups is 1. The van der Waals surface area contributed by atoms with Crippen LogP contribution in [0.5, 0.6) is 0 Å². The Morgan fingerprint density at radius 2 is 2.22 bits per heavy atom. The zero-order chi connectivity index (χ0) is 13.0. The summed E-state index contributed by atoms with van der Waals surface area (Å²) in [4.78, 5) is 11.9. The van der Waals surface area contributed by atoms with Crippen molar-refractivity contribution < 1.29 is 0 Å². The van der Waals surface area contributed by atoms with Gasteiger partial charge in [0.1, 0.15) is 0 Å². The molecule has 1 aromatic heterocycles. The van der Waals surface area contributed by atoms with Crippen molar-refractivity contribution in [1.29, 1.82) is 0 Å². The van der Waals surface area contributed by atoms with E-state index in [2.05, 4.69) is 29.4 Å². The van der Waals surface area contributed by atoms with Gasteiger partial charge in [-0.15, -0.1) is 0 Å². The van der Waals surface area contributed by atoms with Gasteiger partial charge >= 0.3 is 0 Å². The quantitative estimate of drug-likeness (QED) is 0.848. The summed E-state index contributed by atoms with van der Waals surface area (Å²) in [7, 11) is 0. The van der Waals surface area contributed by atoms with Crippen LogP contribution in [0.3, 0.4) is 0 Å². The van der Waals surface area contributed by atoms with Crippen molar-refractivity contribution in [1.82, 2.24) is 15.5 Å². The first kappa shape index (κ1) is 13.6. The van der Waals surface area contributed by atoms with E-state index in [1.165, 1.54) is 12.2 Å². The van der Waals surface area contributed by atoms with E-state index in [0.29, 0.717) is 12.6 Å². The molecule has 2 heterocycles. The fourth-order valence-electron chi connectivity index (χ4n) is 2.40. The SMILES string of the molecule is CCc1n[nH]c(=O)c(CNC2CCSC2)c1CC. The first-order chi connectivity index (χ1) is 8.76. The van der Waals surface area contributed by atoms with E-state index in [4.69, 9.17) is 0 Å². The summed E-state index contributed by atoms with van der Waals surface area (Å²) in [5.41, 5.74) is 2.98. The molecule has 2 N–H and O–H groups in total. The van der Waals surface area contributed by atoms with Crippen molar-refractivity contribution in [3.05, 3.63) is 27.2 Å². The Hall–Kier alpha value is -0.810. The number of aromatic amines is 1. The summed E-state index contributed by atoms with van der Waals surface area (Å²) in [5, 5.41) is 10.3. The Morgan fingerprint density at radius 3 is 2.83 bits per heavy atom. The number of nitrogens with zero attached hydrogens (tertiary/aromatic N) is 1. The van der Waals surface area contributed by atoms with Crippen LogP contribution in [0.4, 0.5) is 0 Å². The van der Waals surface area contributed by atoms with Crippen LogP contribution >= 0.6 is 11.8 Å². The van der Waals surface area contributed by atoms with E-state index in [1.807, 2.05) is 11.8 Å². The summed E-state index contributed by atoms with van der Waals surface area (Å²) in [6, 6.07) is 0.553. The van der Waals surface area contributed by atoms with Gasteiger partial charge in [0.2, 0.25) is 0 Å². The summed E-state index contributed by atoms with van der Waals surface area (Å²) < 4.78 is 0. The standard InChI is InChI=1S/C13H21N3OS/c1-3-10-11(7-14-9-5-6-18-8-9)13(17)16-15-12(10)4-2/h9,14H,3-8H2,1-2H3,(H,16,17). The average Bonchev–Trinajstić information content (AvgIpc) is 2.90. The molecule has 1 unspecified atom stereocenters. The van der Waals surface area contributed by atoms with Crippen molar-refractivity contribution in [3.63, 3.8) is 0 Å². The Morgan fingerprint density at radius 1 is 1.39 bits per heavy atom. The Bertz CT molecular complexity index is 452. The number of rotatable bonds is 5. The molecule has 0 aromatic carbocycles. The second-order valence-electron chi connectivity index (χ2n) is 4.61. The maximum absolute atomic E-state index is 11.9. The molecule has 100 valence electrons. The Kier molecular flexibility index (Phi) is 4.83. The third-order valence-corrected chi connectivity index (χ3v) is 4.63. The molecule has 0 bridgehead atoms. The van der Waals surface area contributed by atoms with Crippen molar-refractivity contribution in [2.75, 3.05) is 11.5 Å². The number of hydrogen-bond donors (Lipinski definition) is 2. The fourth-order valence-corrected chi connectivity index (χ4v) is 3.59. The van der Waals surface area contributed by atoms with Crippen LogP contribution in [0.15, 0.2) is 4.79 Å². The van der Waals surface area contributed by atoms with Gasteiger partial charge in [0.15, 0.2) is 0 Å². The third-order valence-electron chi connectivity index (χ3n) is 3.46. The second kappa shape index (κ2) is 6.38. The number of nitrogens with one attached hydrogen (secondary N) is 2. The molecule has 1 aliphatic heterocycles. The first-order valence-corrected chi connectivity index (χ1v) is 7.82. The van der Waals surface area contributed by atoms with Crippen LogP contribution in [0.25, 0.3) is 0 Å². The monoisotopic (exact) mass is 267 g/mol. The van der Waals surface area contributed by atoms with Crippen LogP contribution < -0.4 is 10.9 Å². The van der Waals surface area contributed by atoms with E-state index >= 15 is 0 Å². The van der Waals surface area contributed by atoms with Crippen molar-refractivity contribution in [2.24, 2.45) is 0 Å². The van der Waals surface area contributed by atoms with Crippen LogP contribution in [-0.4, -0.2) is 27.7 Å². The highest BCUT2D eigenvalue weighted by Crippen LogP contribution is 2.18. The van der Waals surface area contributed by atoms with Crippen molar-refractivity contribution in [2.45, 2.75) is 45.7 Å². The molecular weight excluding hydrogens is 246 g/mol. The summed E-state index contributed by atoms with van der Waals surface area (Å²) in [6.45, 7) is 4.83. The van der Waals surface area contributed by atoms with Gasteiger partial charge in [-0.25, -0.2) is 5.10 Å². The predicted molar refractivity (Wildman–Crippen MR) is 76.2 cm³/mol. The van der Waals surface area contributed by atoms with E-state index in [-0.39, 0.29) is 5.56 Å². The van der Waals surface area contributed by atoms with Gasteiger partial charge in [0, 0.05) is 23.9 Å². The van der Waals surface area contributed by atoms with Gasteiger partial charge < -0.3 is 5.32 Å². The minimum absolute atomic E-state index is 0.0396. The molecule has 2 rings (SSSR count). The molecule has 1 aromatic rings. The van der Waals surface area contributed by atoms with Gasteiger partial charge in [0.25, 0.3) is 5.56 Å². The normalized spacial score (nSPS) is 19.3. The number of H-pyrrole nitrogens is 1. The minimum Gasteiger partial charge on any atom is -0.309 e. The highest BCUT2D eigenvalue weighted by Gasteiger charge is 2.17. The molecule has 1 aliphatic rings. The Labute approximate surface area is 112 Å². The zero-order valence-electron chi connectivity index (χ0n) is 11.1. The van der Waals surface area contributed by atoms with Gasteiger partial charge in [0.05, 0.1) is 5.69 Å². The van der Waals surface area contributed by atoms with Gasteiger partial charge in [-0.1, -0.05) is 13.8 Å². The van der Waals surface area contributed by atoms with Crippen molar-refractivity contribution in [3.8, 4) is 0 Å². The molecule has 4 nitrogen and oxygen atoms in total. The average molecular weight is 267 g/mol. The maximum Gasteiger partial charge on any atom is 0.268 e. The Balaban J connectivity index is 2.16. The molecular formula is C13H21N3OS. The first-order valence-electron chi connectivity index (χ1n) is 6.66. The lowest BCUT2D eigenvalue weighted by Crippen LogP contribution is -2.32. The van der Waals surface area contributed by atoms with Gasteiger partial charge in [-0.3, -0.25) is 4.79 Å². The van der Waals surface area contributed by atoms with Gasteiger partial charge in [-0.2, -0.15) is 16.9 Å². The van der Waals surface area contributed by atoms with E-state index in [1.54, 1.807) is 0 Å². The topological polar surface area (TPSA) is 57.8 Å². The molecule has 18 heavy (non-hydrogen) atoms. The number of aromatic nitrogens is 2. The summed E-state index contributed by atoms with van der Waals surface area (Å²) in [5.74, 6) is 2.39. The summed E-state index contributed by atoms with van der Waals surface area (Å²) in [6.07, 6.45) is 2.94. The van der Waals surface area contributed by atoms with Crippen LogP contribution in [-0.2, 0) is 19.4 Å². The highest BCUT2D eigenvalue weighted by atomic mass is 32.2. The predicted octanol–water partition coefficient (Wildman–Crippen LogP) is 1.49. The van der Waals surface area contributed by atoms with Crippen LogP contribution in [0, 0.1) is 0 Å². The van der Waals surface area contributed by atoms with Crippen LogP contribution in [0.2, 0.25) is 0 Å². The van der Waals surface area contributed by atoms with Gasteiger partial charge in [-0.05, 0) is 30.6 Å².